The monoisotopic (exact) mass is 533 g/mol. The Hall–Kier alpha value is -4.77. The van der Waals surface area contributed by atoms with Crippen molar-refractivity contribution in [3.05, 3.63) is 96.7 Å². The van der Waals surface area contributed by atoms with Gasteiger partial charge in [-0.1, -0.05) is 12.1 Å². The largest absolute Gasteiger partial charge is 0.483 e. The number of aromatic nitrogens is 3. The van der Waals surface area contributed by atoms with Crippen LogP contribution in [0, 0.1) is 12.7 Å². The van der Waals surface area contributed by atoms with Crippen molar-refractivity contribution in [2.45, 2.75) is 11.8 Å². The highest BCUT2D eigenvalue weighted by atomic mass is 32.2. The van der Waals surface area contributed by atoms with Crippen LogP contribution in [-0.2, 0) is 21.9 Å². The average molecular weight is 534 g/mol. The van der Waals surface area contributed by atoms with E-state index >= 15 is 0 Å². The molecule has 3 aromatic carbocycles. The van der Waals surface area contributed by atoms with Crippen LogP contribution in [0.1, 0.15) is 5.56 Å². The van der Waals surface area contributed by atoms with Gasteiger partial charge in [-0.15, -0.1) is 0 Å². The van der Waals surface area contributed by atoms with Crippen molar-refractivity contribution < 1.29 is 22.7 Å². The van der Waals surface area contributed by atoms with Crippen molar-refractivity contribution in [3.63, 3.8) is 0 Å². The summed E-state index contributed by atoms with van der Waals surface area (Å²) in [4.78, 5) is 16.6. The molecule has 0 atom stereocenters. The fourth-order valence-corrected chi connectivity index (χ4v) is 4.95. The molecule has 5 aromatic rings. The van der Waals surface area contributed by atoms with Gasteiger partial charge in [0.1, 0.15) is 22.9 Å². The second-order valence-electron chi connectivity index (χ2n) is 8.34. The molecular weight excluding hydrogens is 509 g/mol. The minimum absolute atomic E-state index is 0.250. The Morgan fingerprint density at radius 1 is 0.947 bits per heavy atom. The summed E-state index contributed by atoms with van der Waals surface area (Å²) < 4.78 is 43.8. The van der Waals surface area contributed by atoms with Crippen LogP contribution in [0.2, 0.25) is 0 Å². The lowest BCUT2D eigenvalue weighted by molar-refractivity contribution is -0.122. The molecule has 38 heavy (non-hydrogen) atoms. The van der Waals surface area contributed by atoms with Crippen LogP contribution in [0.3, 0.4) is 0 Å². The van der Waals surface area contributed by atoms with E-state index in [1.807, 2.05) is 25.4 Å². The van der Waals surface area contributed by atoms with Gasteiger partial charge in [-0.3, -0.25) is 9.52 Å². The number of nitrogens with zero attached hydrogens (tertiary/aromatic N) is 3. The highest BCUT2D eigenvalue weighted by molar-refractivity contribution is 7.92. The second-order valence-corrected chi connectivity index (χ2v) is 9.99. The quantitative estimate of drug-likeness (QED) is 0.252. The van der Waals surface area contributed by atoms with Gasteiger partial charge in [0.05, 0.1) is 5.69 Å². The van der Waals surface area contributed by atoms with Crippen LogP contribution in [0.4, 0.5) is 21.6 Å². The Morgan fingerprint density at radius 3 is 2.37 bits per heavy atom. The molecule has 2 heterocycles. The van der Waals surface area contributed by atoms with Gasteiger partial charge in [-0.05, 0) is 67.1 Å². The molecule has 5 rings (SSSR count). The lowest BCUT2D eigenvalue weighted by Crippen LogP contribution is -2.14. The molecule has 0 amide bonds. The Kier molecular flexibility index (Phi) is 7.68. The lowest BCUT2D eigenvalue weighted by Gasteiger charge is -2.11. The van der Waals surface area contributed by atoms with Gasteiger partial charge in [-0.2, -0.15) is 0 Å². The number of carbonyl (C=O) groups is 1. The van der Waals surface area contributed by atoms with Crippen molar-refractivity contribution >= 4 is 44.6 Å². The van der Waals surface area contributed by atoms with Gasteiger partial charge >= 0.3 is 0 Å². The molecule has 0 radical (unpaired) electrons. The molecule has 3 N–H and O–H groups in total. The maximum Gasteiger partial charge on any atom is 0.290 e. The number of hydrogen-bond acceptors (Lipinski definition) is 6. The molecule has 0 bridgehead atoms. The van der Waals surface area contributed by atoms with E-state index in [9.17, 15) is 12.8 Å². The molecule has 2 aromatic heterocycles. The van der Waals surface area contributed by atoms with Gasteiger partial charge in [0.2, 0.25) is 0 Å². The molecule has 9 nitrogen and oxygen atoms in total. The normalized spacial score (nSPS) is 10.9. The molecule has 0 unspecified atom stereocenters. The number of carboxylic acid groups (broad SMARTS) is 1. The number of anilines is 3. The zero-order valence-corrected chi connectivity index (χ0v) is 21.3. The minimum Gasteiger partial charge on any atom is -0.483 e. The van der Waals surface area contributed by atoms with Gasteiger partial charge in [-0.25, -0.2) is 22.8 Å². The molecule has 0 aliphatic heterocycles. The van der Waals surface area contributed by atoms with E-state index in [-0.39, 0.29) is 6.47 Å². The maximum atomic E-state index is 14.1. The minimum atomic E-state index is -4.05. The summed E-state index contributed by atoms with van der Waals surface area (Å²) in [6.45, 7) is 1.45. The van der Waals surface area contributed by atoms with E-state index in [1.165, 1.54) is 18.5 Å². The van der Waals surface area contributed by atoms with Crippen LogP contribution in [0.25, 0.3) is 22.2 Å². The molecule has 0 aliphatic rings. The van der Waals surface area contributed by atoms with Crippen LogP contribution >= 0.6 is 0 Å². The Morgan fingerprint density at radius 2 is 1.66 bits per heavy atom. The number of fused-ring (bicyclic) bond motifs is 1. The summed E-state index contributed by atoms with van der Waals surface area (Å²) in [7, 11) is -2.04. The number of hydrogen-bond donors (Lipinski definition) is 3. The Labute approximate surface area is 218 Å². The number of aryl methyl sites for hydroxylation is 2. The highest BCUT2D eigenvalue weighted by Gasteiger charge is 2.19. The van der Waals surface area contributed by atoms with E-state index in [2.05, 4.69) is 42.8 Å². The first-order valence-electron chi connectivity index (χ1n) is 11.3. The smallest absolute Gasteiger partial charge is 0.290 e. The third kappa shape index (κ3) is 5.95. The Balaban J connectivity index is 0.00000107. The molecule has 0 saturated heterocycles. The van der Waals surface area contributed by atoms with E-state index in [4.69, 9.17) is 9.90 Å². The molecule has 0 fully saturated rings. The van der Waals surface area contributed by atoms with Gasteiger partial charge in [0, 0.05) is 47.2 Å². The van der Waals surface area contributed by atoms with Crippen molar-refractivity contribution in [3.8, 4) is 11.3 Å². The van der Waals surface area contributed by atoms with E-state index in [1.54, 1.807) is 37.3 Å². The van der Waals surface area contributed by atoms with Crippen LogP contribution in [-0.4, -0.2) is 34.5 Å². The number of rotatable bonds is 6. The van der Waals surface area contributed by atoms with E-state index < -0.39 is 20.7 Å². The van der Waals surface area contributed by atoms with Crippen LogP contribution in [0.5, 0.6) is 0 Å². The molecule has 0 aliphatic carbocycles. The molecular formula is C27H24FN5O4S. The van der Waals surface area contributed by atoms with Crippen LogP contribution in [0.15, 0.2) is 90.2 Å². The lowest BCUT2D eigenvalue weighted by atomic mass is 10.1. The summed E-state index contributed by atoms with van der Waals surface area (Å²) >= 11 is 0. The SMILES string of the molecule is Cc1ccc(S(=O)(=O)Nc2ccc(Nc3cc(-c4ccc5c(ccn5C)c4)ncn3)cc2)c(F)c1.O=CO. The fourth-order valence-electron chi connectivity index (χ4n) is 3.83. The second kappa shape index (κ2) is 11.1. The number of nitrogens with one attached hydrogen (secondary N) is 2. The summed E-state index contributed by atoms with van der Waals surface area (Å²) in [5, 5.41) is 11.2. The predicted octanol–water partition coefficient (Wildman–Crippen LogP) is 5.33. The summed E-state index contributed by atoms with van der Waals surface area (Å²) in [5.74, 6) is -0.194. The van der Waals surface area contributed by atoms with Gasteiger partial charge in [0.15, 0.2) is 0 Å². The van der Waals surface area contributed by atoms with Gasteiger partial charge in [0.25, 0.3) is 16.5 Å². The predicted molar refractivity (Wildman–Crippen MR) is 144 cm³/mol. The van der Waals surface area contributed by atoms with E-state index in [0.717, 1.165) is 22.2 Å². The number of benzene rings is 3. The summed E-state index contributed by atoms with van der Waals surface area (Å²) in [6.07, 6.45) is 3.51. The van der Waals surface area contributed by atoms with Crippen LogP contribution < -0.4 is 10.0 Å². The van der Waals surface area contributed by atoms with Crippen molar-refractivity contribution in [1.82, 2.24) is 14.5 Å². The van der Waals surface area contributed by atoms with Crippen molar-refractivity contribution in [1.29, 1.82) is 0 Å². The molecule has 194 valence electrons. The number of halogens is 1. The summed E-state index contributed by atoms with van der Waals surface area (Å²) in [6, 6.07) is 20.7. The fraction of sp³-hybridized carbons (Fsp3) is 0.0741. The third-order valence-electron chi connectivity index (χ3n) is 5.63. The first-order chi connectivity index (χ1) is 18.2. The standard InChI is InChI=1S/C26H22FN5O2S.CH2O2/c1-17-3-10-25(22(27)13-17)35(33,34)31-21-7-5-20(6-8-21)30-26-15-23(28-16-29-26)18-4-9-24-19(14-18)11-12-32(24)2;2-1-3/h3-16,31H,1-2H3,(H,28,29,30);1H,(H,2,3). The van der Waals surface area contributed by atoms with E-state index in [0.29, 0.717) is 22.8 Å². The van der Waals surface area contributed by atoms with Crippen molar-refractivity contribution in [2.24, 2.45) is 7.05 Å². The molecule has 0 spiro atoms. The molecule has 0 saturated carbocycles. The zero-order chi connectivity index (χ0) is 27.3. The maximum absolute atomic E-state index is 14.1. The topological polar surface area (TPSA) is 126 Å². The van der Waals surface area contributed by atoms with Crippen molar-refractivity contribution in [2.75, 3.05) is 10.0 Å². The highest BCUT2D eigenvalue weighted by Crippen LogP contribution is 2.26. The average Bonchev–Trinajstić information content (AvgIpc) is 3.25. The zero-order valence-electron chi connectivity index (χ0n) is 20.5. The molecule has 11 heteroatoms. The van der Waals surface area contributed by atoms with Gasteiger partial charge < -0.3 is 15.0 Å². The Bertz CT molecular complexity index is 1700. The number of sulfonamides is 1. The third-order valence-corrected chi connectivity index (χ3v) is 7.05. The first kappa shape index (κ1) is 26.3. The summed E-state index contributed by atoms with van der Waals surface area (Å²) in [5.41, 5.74) is 4.56. The first-order valence-corrected chi connectivity index (χ1v) is 12.8.